The largest absolute Gasteiger partial charge is 0.396 e. The Morgan fingerprint density at radius 1 is 1.56 bits per heavy atom. The molecule has 1 aliphatic heterocycles. The van der Waals surface area contributed by atoms with Gasteiger partial charge in [0.15, 0.2) is 0 Å². The van der Waals surface area contributed by atoms with Crippen molar-refractivity contribution < 1.29 is 5.11 Å². The van der Waals surface area contributed by atoms with Crippen molar-refractivity contribution in [2.24, 2.45) is 5.92 Å². The molecule has 1 fully saturated rings. The molecule has 96 valence electrons. The van der Waals surface area contributed by atoms with Crippen LogP contribution >= 0.6 is 0 Å². The fourth-order valence-corrected chi connectivity index (χ4v) is 2.63. The number of aryl methyl sites for hydroxylation is 2. The minimum atomic E-state index is 0.224. The number of aliphatic hydroxyl groups is 1. The van der Waals surface area contributed by atoms with E-state index in [1.54, 1.807) is 0 Å². The first-order valence-corrected chi connectivity index (χ1v) is 6.40. The zero-order valence-electron chi connectivity index (χ0n) is 11.0. The highest BCUT2D eigenvalue weighted by molar-refractivity contribution is 5.61. The van der Waals surface area contributed by atoms with Gasteiger partial charge in [0.25, 0.3) is 0 Å². The van der Waals surface area contributed by atoms with Crippen LogP contribution in [0.4, 0.5) is 5.69 Å². The Bertz CT molecular complexity index is 479. The number of aromatic nitrogens is 1. The third kappa shape index (κ3) is 2.46. The van der Waals surface area contributed by atoms with E-state index in [9.17, 15) is 10.4 Å². The van der Waals surface area contributed by atoms with E-state index < -0.39 is 0 Å². The molecule has 1 N–H and O–H groups in total. The van der Waals surface area contributed by atoms with Crippen LogP contribution in [0, 0.1) is 31.1 Å². The predicted molar refractivity (Wildman–Crippen MR) is 70.4 cm³/mol. The van der Waals surface area contributed by atoms with Gasteiger partial charge < -0.3 is 10.0 Å². The van der Waals surface area contributed by atoms with Gasteiger partial charge in [0.05, 0.1) is 16.9 Å². The van der Waals surface area contributed by atoms with Gasteiger partial charge in [0, 0.05) is 25.4 Å². The van der Waals surface area contributed by atoms with Crippen LogP contribution in [-0.4, -0.2) is 29.8 Å². The number of piperidine rings is 1. The average Bonchev–Trinajstić information content (AvgIpc) is 2.38. The van der Waals surface area contributed by atoms with Crippen molar-refractivity contribution in [3.8, 4) is 6.07 Å². The number of anilines is 1. The Morgan fingerprint density at radius 3 is 3.00 bits per heavy atom. The zero-order chi connectivity index (χ0) is 13.1. The van der Waals surface area contributed by atoms with Gasteiger partial charge in [-0.3, -0.25) is 4.98 Å². The summed E-state index contributed by atoms with van der Waals surface area (Å²) in [5.41, 5.74) is 3.37. The topological polar surface area (TPSA) is 60.1 Å². The molecule has 2 rings (SSSR count). The molecule has 0 bridgehead atoms. The average molecular weight is 245 g/mol. The van der Waals surface area contributed by atoms with E-state index in [1.807, 2.05) is 19.9 Å². The molecule has 18 heavy (non-hydrogen) atoms. The molecule has 0 spiro atoms. The number of aliphatic hydroxyl groups excluding tert-OH is 1. The van der Waals surface area contributed by atoms with Crippen LogP contribution in [0.25, 0.3) is 0 Å². The van der Waals surface area contributed by atoms with Crippen molar-refractivity contribution in [3.05, 3.63) is 23.0 Å². The molecule has 0 aromatic carbocycles. The standard InChI is InChI=1S/C14H19N3O/c1-10-6-14(13(7-15)11(2)16-10)17-5-3-4-12(8-17)9-18/h6,12,18H,3-5,8-9H2,1-2H3. The van der Waals surface area contributed by atoms with E-state index in [0.717, 1.165) is 43.0 Å². The third-order valence-electron chi connectivity index (χ3n) is 3.54. The Kier molecular flexibility index (Phi) is 3.83. The first-order valence-electron chi connectivity index (χ1n) is 6.40. The molecule has 1 unspecified atom stereocenters. The highest BCUT2D eigenvalue weighted by Crippen LogP contribution is 2.27. The summed E-state index contributed by atoms with van der Waals surface area (Å²) < 4.78 is 0. The van der Waals surface area contributed by atoms with Gasteiger partial charge in [-0.1, -0.05) is 0 Å². The van der Waals surface area contributed by atoms with Crippen LogP contribution in [0.2, 0.25) is 0 Å². The predicted octanol–water partition coefficient (Wildman–Crippen LogP) is 1.78. The summed E-state index contributed by atoms with van der Waals surface area (Å²) in [4.78, 5) is 6.55. The highest BCUT2D eigenvalue weighted by atomic mass is 16.3. The molecule has 1 aliphatic rings. The van der Waals surface area contributed by atoms with Crippen LogP contribution in [0.5, 0.6) is 0 Å². The van der Waals surface area contributed by atoms with E-state index in [0.29, 0.717) is 11.5 Å². The lowest BCUT2D eigenvalue weighted by Gasteiger charge is -2.34. The highest BCUT2D eigenvalue weighted by Gasteiger charge is 2.22. The lowest BCUT2D eigenvalue weighted by Crippen LogP contribution is -2.37. The van der Waals surface area contributed by atoms with Gasteiger partial charge in [-0.25, -0.2) is 0 Å². The third-order valence-corrected chi connectivity index (χ3v) is 3.54. The number of rotatable bonds is 2. The van der Waals surface area contributed by atoms with E-state index in [-0.39, 0.29) is 6.61 Å². The van der Waals surface area contributed by atoms with Crippen molar-refractivity contribution in [1.29, 1.82) is 5.26 Å². The zero-order valence-corrected chi connectivity index (χ0v) is 11.0. The second kappa shape index (κ2) is 5.36. The molecule has 1 atom stereocenters. The molecule has 0 aliphatic carbocycles. The van der Waals surface area contributed by atoms with E-state index >= 15 is 0 Å². The Hall–Kier alpha value is -1.60. The molecule has 1 aromatic rings. The second-order valence-corrected chi connectivity index (χ2v) is 4.99. The van der Waals surface area contributed by atoms with Crippen molar-refractivity contribution in [3.63, 3.8) is 0 Å². The van der Waals surface area contributed by atoms with Gasteiger partial charge >= 0.3 is 0 Å². The molecular weight excluding hydrogens is 226 g/mol. The van der Waals surface area contributed by atoms with Crippen molar-refractivity contribution in [1.82, 2.24) is 4.98 Å². The Labute approximate surface area is 108 Å². The number of hydrogen-bond acceptors (Lipinski definition) is 4. The van der Waals surface area contributed by atoms with Crippen molar-refractivity contribution >= 4 is 5.69 Å². The van der Waals surface area contributed by atoms with E-state index in [4.69, 9.17) is 0 Å². The van der Waals surface area contributed by atoms with Gasteiger partial charge in [-0.2, -0.15) is 5.26 Å². The molecule has 4 heteroatoms. The van der Waals surface area contributed by atoms with Crippen LogP contribution in [0.1, 0.15) is 29.8 Å². The second-order valence-electron chi connectivity index (χ2n) is 4.99. The Morgan fingerprint density at radius 2 is 2.33 bits per heavy atom. The fourth-order valence-electron chi connectivity index (χ4n) is 2.63. The maximum absolute atomic E-state index is 9.29. The van der Waals surface area contributed by atoms with Crippen LogP contribution in [0.3, 0.4) is 0 Å². The summed E-state index contributed by atoms with van der Waals surface area (Å²) in [5, 5.41) is 18.6. The number of nitriles is 1. The summed E-state index contributed by atoms with van der Waals surface area (Å²) in [5.74, 6) is 0.319. The first-order chi connectivity index (χ1) is 8.65. The first kappa shape index (κ1) is 12.8. The van der Waals surface area contributed by atoms with Crippen molar-refractivity contribution in [2.75, 3.05) is 24.6 Å². The monoisotopic (exact) mass is 245 g/mol. The van der Waals surface area contributed by atoms with Crippen molar-refractivity contribution in [2.45, 2.75) is 26.7 Å². The molecule has 0 radical (unpaired) electrons. The summed E-state index contributed by atoms with van der Waals surface area (Å²) >= 11 is 0. The Balaban J connectivity index is 2.35. The summed E-state index contributed by atoms with van der Waals surface area (Å²) in [7, 11) is 0. The molecule has 2 heterocycles. The SMILES string of the molecule is Cc1cc(N2CCCC(CO)C2)c(C#N)c(C)n1. The number of nitrogens with zero attached hydrogens (tertiary/aromatic N) is 3. The van der Waals surface area contributed by atoms with E-state index in [1.165, 1.54) is 0 Å². The number of hydrogen-bond donors (Lipinski definition) is 1. The lowest BCUT2D eigenvalue weighted by atomic mass is 9.97. The lowest BCUT2D eigenvalue weighted by molar-refractivity contribution is 0.208. The quantitative estimate of drug-likeness (QED) is 0.862. The normalized spacial score (nSPS) is 19.7. The molecule has 0 amide bonds. The van der Waals surface area contributed by atoms with Gasteiger partial charge in [0.1, 0.15) is 6.07 Å². The summed E-state index contributed by atoms with van der Waals surface area (Å²) in [6.45, 7) is 5.83. The number of pyridine rings is 1. The molecule has 0 saturated carbocycles. The minimum Gasteiger partial charge on any atom is -0.396 e. The minimum absolute atomic E-state index is 0.224. The van der Waals surface area contributed by atoms with Crippen LogP contribution in [-0.2, 0) is 0 Å². The van der Waals surface area contributed by atoms with Gasteiger partial charge in [0.2, 0.25) is 0 Å². The van der Waals surface area contributed by atoms with E-state index in [2.05, 4.69) is 16.0 Å². The summed E-state index contributed by atoms with van der Waals surface area (Å²) in [6.07, 6.45) is 2.13. The van der Waals surface area contributed by atoms with Crippen LogP contribution in [0.15, 0.2) is 6.07 Å². The molecule has 1 saturated heterocycles. The fraction of sp³-hybridized carbons (Fsp3) is 0.571. The van der Waals surface area contributed by atoms with Gasteiger partial charge in [-0.15, -0.1) is 0 Å². The summed E-state index contributed by atoms with van der Waals surface area (Å²) in [6, 6.07) is 4.23. The smallest absolute Gasteiger partial charge is 0.103 e. The van der Waals surface area contributed by atoms with Crippen LogP contribution < -0.4 is 4.90 Å². The maximum atomic E-state index is 9.29. The molecular formula is C14H19N3O. The molecule has 1 aromatic heterocycles. The maximum Gasteiger partial charge on any atom is 0.103 e. The van der Waals surface area contributed by atoms with Gasteiger partial charge in [-0.05, 0) is 38.7 Å². The molecule has 4 nitrogen and oxygen atoms in total.